The fourth-order valence-corrected chi connectivity index (χ4v) is 5.95. The Bertz CT molecular complexity index is 1030. The van der Waals surface area contributed by atoms with Gasteiger partial charge in [0.05, 0.1) is 11.5 Å². The lowest BCUT2D eigenvalue weighted by molar-refractivity contribution is -0.152. The number of rotatable bonds is 4. The van der Waals surface area contributed by atoms with Gasteiger partial charge in [0.25, 0.3) is 0 Å². The standard InChI is InChI=1S/C27H33ClF2N2O2/c1-16(2)31-14-23(22-10-9-21(29)11-25(22)30)24(15-31)26(33)32-12-17(3)27(34,18(4)13-32)19-5-7-20(28)8-6-19/h5-11,16-18,23-24,34H,12-15H2,1-4H3/t17-,18+,23-,24+,27-/m0/s1. The van der Waals surface area contributed by atoms with Gasteiger partial charge in [0.1, 0.15) is 11.6 Å². The van der Waals surface area contributed by atoms with Crippen LogP contribution in [0.4, 0.5) is 8.78 Å². The molecule has 7 heteroatoms. The number of carbonyl (C=O) groups is 1. The Morgan fingerprint density at radius 2 is 1.65 bits per heavy atom. The van der Waals surface area contributed by atoms with Crippen molar-refractivity contribution in [3.8, 4) is 0 Å². The smallest absolute Gasteiger partial charge is 0.227 e. The summed E-state index contributed by atoms with van der Waals surface area (Å²) in [5.41, 5.74) is 0.101. The summed E-state index contributed by atoms with van der Waals surface area (Å²) >= 11 is 6.04. The number of hydrogen-bond acceptors (Lipinski definition) is 3. The summed E-state index contributed by atoms with van der Waals surface area (Å²) in [7, 11) is 0. The van der Waals surface area contributed by atoms with E-state index in [0.717, 1.165) is 11.6 Å². The summed E-state index contributed by atoms with van der Waals surface area (Å²) in [4.78, 5) is 17.8. The van der Waals surface area contributed by atoms with Gasteiger partial charge in [0, 0.05) is 61.1 Å². The third-order valence-electron chi connectivity index (χ3n) is 7.87. The van der Waals surface area contributed by atoms with Gasteiger partial charge in [-0.05, 0) is 43.2 Å². The number of nitrogens with zero attached hydrogens (tertiary/aromatic N) is 2. The van der Waals surface area contributed by atoms with E-state index in [-0.39, 0.29) is 29.7 Å². The number of likely N-dealkylation sites (tertiary alicyclic amines) is 2. The summed E-state index contributed by atoms with van der Waals surface area (Å²) < 4.78 is 28.3. The van der Waals surface area contributed by atoms with E-state index in [1.807, 2.05) is 30.9 Å². The molecule has 2 heterocycles. The van der Waals surface area contributed by atoms with Crippen LogP contribution in [0.1, 0.15) is 44.7 Å². The first-order valence-electron chi connectivity index (χ1n) is 12.0. The molecule has 0 aliphatic carbocycles. The van der Waals surface area contributed by atoms with E-state index in [4.69, 9.17) is 11.6 Å². The van der Waals surface area contributed by atoms with E-state index in [0.29, 0.717) is 36.8 Å². The fourth-order valence-electron chi connectivity index (χ4n) is 5.82. The maximum atomic E-state index is 14.7. The highest BCUT2D eigenvalue weighted by atomic mass is 35.5. The number of piperidine rings is 1. The van der Waals surface area contributed by atoms with Gasteiger partial charge in [0.15, 0.2) is 0 Å². The maximum absolute atomic E-state index is 14.7. The first kappa shape index (κ1) is 25.1. The van der Waals surface area contributed by atoms with Crippen LogP contribution in [-0.4, -0.2) is 53.0 Å². The summed E-state index contributed by atoms with van der Waals surface area (Å²) in [5, 5.41) is 12.3. The Kier molecular flexibility index (Phi) is 7.05. The molecule has 0 bridgehead atoms. The molecule has 0 aromatic heterocycles. The molecule has 2 saturated heterocycles. The molecule has 0 unspecified atom stereocenters. The van der Waals surface area contributed by atoms with Crippen molar-refractivity contribution in [1.82, 2.24) is 9.80 Å². The van der Waals surface area contributed by atoms with Crippen LogP contribution in [0.3, 0.4) is 0 Å². The van der Waals surface area contributed by atoms with Crippen LogP contribution < -0.4 is 0 Å². The van der Waals surface area contributed by atoms with Crippen molar-refractivity contribution in [3.05, 3.63) is 70.2 Å². The van der Waals surface area contributed by atoms with Crippen molar-refractivity contribution < 1.29 is 18.7 Å². The molecule has 2 fully saturated rings. The van der Waals surface area contributed by atoms with E-state index in [9.17, 15) is 18.7 Å². The van der Waals surface area contributed by atoms with Gasteiger partial charge < -0.3 is 10.0 Å². The molecule has 2 aliphatic rings. The molecule has 0 saturated carbocycles. The first-order valence-corrected chi connectivity index (χ1v) is 12.4. The maximum Gasteiger partial charge on any atom is 0.227 e. The predicted molar refractivity (Wildman–Crippen MR) is 130 cm³/mol. The van der Waals surface area contributed by atoms with Crippen molar-refractivity contribution in [2.75, 3.05) is 26.2 Å². The lowest BCUT2D eigenvalue weighted by Gasteiger charge is -2.48. The van der Waals surface area contributed by atoms with Crippen LogP contribution in [0.15, 0.2) is 42.5 Å². The molecule has 0 spiro atoms. The van der Waals surface area contributed by atoms with Gasteiger partial charge in [-0.2, -0.15) is 0 Å². The highest BCUT2D eigenvalue weighted by Crippen LogP contribution is 2.43. The van der Waals surface area contributed by atoms with Gasteiger partial charge in [0.2, 0.25) is 5.91 Å². The highest BCUT2D eigenvalue weighted by Gasteiger charge is 2.49. The Morgan fingerprint density at radius 1 is 1.03 bits per heavy atom. The second kappa shape index (κ2) is 9.56. The lowest BCUT2D eigenvalue weighted by Crippen LogP contribution is -2.57. The Hall–Kier alpha value is -2.02. The molecular weight excluding hydrogens is 458 g/mol. The largest absolute Gasteiger partial charge is 0.384 e. The Balaban J connectivity index is 1.59. The van der Waals surface area contributed by atoms with E-state index in [2.05, 4.69) is 18.7 Å². The predicted octanol–water partition coefficient (Wildman–Crippen LogP) is 5.04. The topological polar surface area (TPSA) is 43.8 Å². The molecule has 2 aromatic carbocycles. The third-order valence-corrected chi connectivity index (χ3v) is 8.12. The molecule has 1 N–H and O–H groups in total. The fraction of sp³-hybridized carbons (Fsp3) is 0.519. The van der Waals surface area contributed by atoms with E-state index < -0.39 is 23.2 Å². The molecule has 4 nitrogen and oxygen atoms in total. The highest BCUT2D eigenvalue weighted by molar-refractivity contribution is 6.30. The SMILES string of the molecule is CC(C)N1C[C@@H](C(=O)N2C[C@@H](C)[C@](O)(c3ccc(Cl)cc3)[C@@H](C)C2)[C@H](c2ccc(F)cc2F)C1. The third kappa shape index (κ3) is 4.48. The summed E-state index contributed by atoms with van der Waals surface area (Å²) in [5.74, 6) is -2.45. The first-order chi connectivity index (χ1) is 16.0. The van der Waals surface area contributed by atoms with E-state index >= 15 is 0 Å². The second-order valence-electron chi connectivity index (χ2n) is 10.3. The van der Waals surface area contributed by atoms with Gasteiger partial charge in [-0.3, -0.25) is 9.69 Å². The summed E-state index contributed by atoms with van der Waals surface area (Å²) in [6.07, 6.45) is 0. The number of aliphatic hydroxyl groups is 1. The molecule has 1 amide bonds. The zero-order chi connectivity index (χ0) is 24.8. The van der Waals surface area contributed by atoms with Crippen molar-refractivity contribution in [2.24, 2.45) is 17.8 Å². The van der Waals surface area contributed by atoms with Crippen LogP contribution in [0.2, 0.25) is 5.02 Å². The van der Waals surface area contributed by atoms with Crippen molar-refractivity contribution in [2.45, 2.75) is 45.3 Å². The monoisotopic (exact) mass is 490 g/mol. The molecule has 184 valence electrons. The normalized spacial score (nSPS) is 30.2. The van der Waals surface area contributed by atoms with Crippen LogP contribution in [0, 0.1) is 29.4 Å². The van der Waals surface area contributed by atoms with E-state index in [1.54, 1.807) is 12.1 Å². The molecule has 0 radical (unpaired) electrons. The molecule has 4 rings (SSSR count). The van der Waals surface area contributed by atoms with Crippen molar-refractivity contribution in [1.29, 1.82) is 0 Å². The Labute approximate surface area is 205 Å². The van der Waals surface area contributed by atoms with Crippen molar-refractivity contribution >= 4 is 17.5 Å². The van der Waals surface area contributed by atoms with Crippen LogP contribution in [0.5, 0.6) is 0 Å². The van der Waals surface area contributed by atoms with Gasteiger partial charge in [-0.15, -0.1) is 0 Å². The summed E-state index contributed by atoms with van der Waals surface area (Å²) in [6.45, 7) is 9.90. The van der Waals surface area contributed by atoms with Crippen molar-refractivity contribution in [3.63, 3.8) is 0 Å². The summed E-state index contributed by atoms with van der Waals surface area (Å²) in [6, 6.07) is 11.1. The Morgan fingerprint density at radius 3 is 2.21 bits per heavy atom. The average Bonchev–Trinajstić information content (AvgIpc) is 3.22. The number of carbonyl (C=O) groups excluding carboxylic acids is 1. The zero-order valence-corrected chi connectivity index (χ0v) is 20.9. The lowest BCUT2D eigenvalue weighted by atomic mass is 9.70. The minimum Gasteiger partial charge on any atom is -0.384 e. The van der Waals surface area contributed by atoms with Gasteiger partial charge in [-0.25, -0.2) is 8.78 Å². The number of amides is 1. The number of benzene rings is 2. The molecular formula is C27H33ClF2N2O2. The molecule has 34 heavy (non-hydrogen) atoms. The van der Waals surface area contributed by atoms with Crippen LogP contribution in [-0.2, 0) is 10.4 Å². The second-order valence-corrected chi connectivity index (χ2v) is 10.7. The van der Waals surface area contributed by atoms with Gasteiger partial charge >= 0.3 is 0 Å². The number of halogens is 3. The van der Waals surface area contributed by atoms with Crippen LogP contribution in [0.25, 0.3) is 0 Å². The average molecular weight is 491 g/mol. The quantitative estimate of drug-likeness (QED) is 0.652. The minimum atomic E-state index is -1.08. The van der Waals surface area contributed by atoms with Crippen LogP contribution >= 0.6 is 11.6 Å². The van der Waals surface area contributed by atoms with E-state index in [1.165, 1.54) is 12.1 Å². The van der Waals surface area contributed by atoms with Gasteiger partial charge in [-0.1, -0.05) is 43.6 Å². The minimum absolute atomic E-state index is 0.0336. The molecule has 2 aromatic rings. The zero-order valence-electron chi connectivity index (χ0n) is 20.1. The number of hydrogen-bond donors (Lipinski definition) is 1. The molecule has 2 aliphatic heterocycles. The molecule has 5 atom stereocenters.